The second-order valence-electron chi connectivity index (χ2n) is 8.86. The lowest BCUT2D eigenvalue weighted by Crippen LogP contribution is -2.10. The molecule has 5 aromatic rings. The average Bonchev–Trinajstić information content (AvgIpc) is 3.63. The highest BCUT2D eigenvalue weighted by atomic mass is 16.5. The zero-order chi connectivity index (χ0) is 23.1. The maximum atomic E-state index is 11.4. The highest BCUT2D eigenvalue weighted by Gasteiger charge is 2.30. The average molecular weight is 455 g/mol. The molecule has 0 atom stereocenters. The molecule has 7 nitrogen and oxygen atoms in total. The van der Waals surface area contributed by atoms with Crippen molar-refractivity contribution in [2.24, 2.45) is 0 Å². The zero-order valence-electron chi connectivity index (χ0n) is 19.0. The van der Waals surface area contributed by atoms with E-state index in [1.54, 1.807) is 13.4 Å². The van der Waals surface area contributed by atoms with E-state index in [-0.39, 0.29) is 5.88 Å². The first-order chi connectivity index (χ1) is 16.7. The first-order valence-corrected chi connectivity index (χ1v) is 11.7. The van der Waals surface area contributed by atoms with Gasteiger partial charge in [-0.25, -0.2) is 0 Å². The van der Waals surface area contributed by atoms with Gasteiger partial charge in [-0.05, 0) is 37.1 Å². The van der Waals surface area contributed by atoms with Gasteiger partial charge in [0.25, 0.3) is 0 Å². The van der Waals surface area contributed by atoms with Crippen molar-refractivity contribution in [3.63, 3.8) is 0 Å². The molecule has 2 aromatic carbocycles. The van der Waals surface area contributed by atoms with Gasteiger partial charge >= 0.3 is 0 Å². The van der Waals surface area contributed by atoms with Gasteiger partial charge in [0.05, 0.1) is 12.5 Å². The summed E-state index contributed by atoms with van der Waals surface area (Å²) >= 11 is 0. The number of ether oxygens (including phenoxy) is 1. The molecule has 0 saturated heterocycles. The summed E-state index contributed by atoms with van der Waals surface area (Å²) in [5, 5.41) is 24.2. The van der Waals surface area contributed by atoms with E-state index in [0.717, 1.165) is 57.9 Å². The van der Waals surface area contributed by atoms with E-state index in [1.165, 1.54) is 19.3 Å². The van der Waals surface area contributed by atoms with Crippen LogP contribution in [0.2, 0.25) is 0 Å². The third-order valence-corrected chi connectivity index (χ3v) is 6.89. The Hall–Kier alpha value is -4.00. The van der Waals surface area contributed by atoms with Crippen LogP contribution in [0.15, 0.2) is 65.4 Å². The number of hydrogen-bond donors (Lipinski definition) is 2. The quantitative estimate of drug-likeness (QED) is 0.319. The Labute approximate surface area is 197 Å². The molecule has 0 radical (unpaired) electrons. The summed E-state index contributed by atoms with van der Waals surface area (Å²) in [6.45, 7) is 0. The van der Waals surface area contributed by atoms with Crippen LogP contribution < -0.4 is 4.74 Å². The maximum absolute atomic E-state index is 11.4. The molecular formula is C27H26N4O3. The number of fused-ring (bicyclic) bond motifs is 1. The van der Waals surface area contributed by atoms with Crippen LogP contribution in [0.25, 0.3) is 39.1 Å². The van der Waals surface area contributed by atoms with Gasteiger partial charge in [-0.1, -0.05) is 48.7 Å². The molecule has 0 aliphatic heterocycles. The van der Waals surface area contributed by atoms with Crippen LogP contribution in [0, 0.1) is 0 Å². The highest BCUT2D eigenvalue weighted by Crippen LogP contribution is 2.46. The number of aromatic amines is 1. The molecule has 1 fully saturated rings. The minimum atomic E-state index is 0.186. The smallest absolute Gasteiger partial charge is 0.222 e. The summed E-state index contributed by atoms with van der Waals surface area (Å²) in [5.74, 6) is 1.31. The van der Waals surface area contributed by atoms with Gasteiger partial charge in [0, 0.05) is 34.5 Å². The van der Waals surface area contributed by atoms with Gasteiger partial charge in [0.15, 0.2) is 0 Å². The minimum absolute atomic E-state index is 0.186. The van der Waals surface area contributed by atoms with Crippen LogP contribution in [-0.2, 0) is 0 Å². The summed E-state index contributed by atoms with van der Waals surface area (Å²) in [5.41, 5.74) is 6.24. The Bertz CT molecular complexity index is 1430. The van der Waals surface area contributed by atoms with Crippen LogP contribution in [0.1, 0.15) is 43.7 Å². The van der Waals surface area contributed by atoms with Crippen molar-refractivity contribution in [1.29, 1.82) is 0 Å². The molecule has 7 heteroatoms. The number of nitrogens with zero attached hydrogens (tertiary/aromatic N) is 3. The summed E-state index contributed by atoms with van der Waals surface area (Å²) < 4.78 is 12.4. The molecule has 0 unspecified atom stereocenters. The van der Waals surface area contributed by atoms with E-state index in [0.29, 0.717) is 11.4 Å². The number of hydrogen-bond acceptors (Lipinski definition) is 5. The Morgan fingerprint density at radius 3 is 2.59 bits per heavy atom. The predicted octanol–water partition coefficient (Wildman–Crippen LogP) is 6.44. The van der Waals surface area contributed by atoms with Gasteiger partial charge in [-0.3, -0.25) is 9.67 Å². The molecule has 2 N–H and O–H groups in total. The van der Waals surface area contributed by atoms with Crippen molar-refractivity contribution in [1.82, 2.24) is 19.9 Å². The molecule has 0 bridgehead atoms. The molecule has 1 saturated carbocycles. The lowest BCUT2D eigenvalue weighted by Gasteiger charge is -2.24. The normalized spacial score (nSPS) is 14.6. The third kappa shape index (κ3) is 3.36. The molecular weight excluding hydrogens is 428 g/mol. The fourth-order valence-corrected chi connectivity index (χ4v) is 5.24. The monoisotopic (exact) mass is 454 g/mol. The van der Waals surface area contributed by atoms with Crippen molar-refractivity contribution in [3.05, 3.63) is 66.6 Å². The lowest BCUT2D eigenvalue weighted by atomic mass is 9.85. The number of nitrogens with one attached hydrogen (secondary N) is 1. The Balaban J connectivity index is 1.55. The van der Waals surface area contributed by atoms with Gasteiger partial charge in [0.1, 0.15) is 28.9 Å². The number of aromatic hydroxyl groups is 1. The van der Waals surface area contributed by atoms with Crippen LogP contribution in [0.5, 0.6) is 11.6 Å². The van der Waals surface area contributed by atoms with Crippen molar-refractivity contribution < 1.29 is 14.4 Å². The van der Waals surface area contributed by atoms with Gasteiger partial charge in [-0.2, -0.15) is 5.10 Å². The van der Waals surface area contributed by atoms with Crippen molar-refractivity contribution >= 4 is 10.9 Å². The number of rotatable bonds is 5. The van der Waals surface area contributed by atoms with E-state index in [9.17, 15) is 5.11 Å². The lowest BCUT2D eigenvalue weighted by molar-refractivity contribution is 0.413. The topological polar surface area (TPSA) is 89.1 Å². The standard InChI is InChI=1S/C27H26N4O3/c1-33-21-9-5-8-19(16-21)24-23-25(29-28-24)27(32)31(26(23)18-6-3-2-4-7-18)20-12-10-17(11-13-20)22-14-15-34-30-22/h5,8-16,18,29,32H,2-4,6-7H2,1H3. The zero-order valence-corrected chi connectivity index (χ0v) is 19.0. The Morgan fingerprint density at radius 1 is 1.03 bits per heavy atom. The van der Waals surface area contributed by atoms with E-state index >= 15 is 0 Å². The van der Waals surface area contributed by atoms with Crippen LogP contribution >= 0.6 is 0 Å². The maximum Gasteiger partial charge on any atom is 0.222 e. The SMILES string of the molecule is COc1cccc(-c2n[nH]c3c(O)n(-c4ccc(-c5ccon5)cc4)c(C4CCCCC4)c23)c1. The minimum Gasteiger partial charge on any atom is -0.497 e. The number of H-pyrrole nitrogens is 1. The van der Waals surface area contributed by atoms with Gasteiger partial charge < -0.3 is 14.4 Å². The highest BCUT2D eigenvalue weighted by molar-refractivity contribution is 5.99. The van der Waals surface area contributed by atoms with Crippen LogP contribution in [0.3, 0.4) is 0 Å². The first-order valence-electron chi connectivity index (χ1n) is 11.7. The van der Waals surface area contributed by atoms with Gasteiger partial charge in [0.2, 0.25) is 5.88 Å². The van der Waals surface area contributed by atoms with Crippen LogP contribution in [0.4, 0.5) is 0 Å². The number of methoxy groups -OCH3 is 1. The second-order valence-corrected chi connectivity index (χ2v) is 8.86. The number of benzene rings is 2. The van der Waals surface area contributed by atoms with Crippen molar-refractivity contribution in [3.8, 4) is 39.8 Å². The summed E-state index contributed by atoms with van der Waals surface area (Å²) in [7, 11) is 1.66. The van der Waals surface area contributed by atoms with E-state index in [2.05, 4.69) is 15.4 Å². The molecule has 1 aliphatic rings. The second kappa shape index (κ2) is 8.41. The Kier molecular flexibility index (Phi) is 5.09. The van der Waals surface area contributed by atoms with E-state index in [4.69, 9.17) is 9.26 Å². The van der Waals surface area contributed by atoms with Crippen LogP contribution in [-0.4, -0.2) is 32.1 Å². The molecule has 172 valence electrons. The van der Waals surface area contributed by atoms with Crippen molar-refractivity contribution in [2.75, 3.05) is 7.11 Å². The molecule has 3 aromatic heterocycles. The van der Waals surface area contributed by atoms with E-state index in [1.807, 2.05) is 59.2 Å². The van der Waals surface area contributed by atoms with E-state index < -0.39 is 0 Å². The molecule has 0 amide bonds. The summed E-state index contributed by atoms with van der Waals surface area (Å²) in [6, 6.07) is 17.8. The molecule has 1 aliphatic carbocycles. The fourth-order valence-electron chi connectivity index (χ4n) is 5.24. The third-order valence-electron chi connectivity index (χ3n) is 6.89. The predicted molar refractivity (Wildman–Crippen MR) is 130 cm³/mol. The largest absolute Gasteiger partial charge is 0.497 e. The molecule has 0 spiro atoms. The number of aromatic nitrogens is 4. The Morgan fingerprint density at radius 2 is 1.85 bits per heavy atom. The van der Waals surface area contributed by atoms with Crippen molar-refractivity contribution in [2.45, 2.75) is 38.0 Å². The van der Waals surface area contributed by atoms with Gasteiger partial charge in [-0.15, -0.1) is 0 Å². The summed E-state index contributed by atoms with van der Waals surface area (Å²) in [4.78, 5) is 0. The molecule has 3 heterocycles. The first kappa shape index (κ1) is 20.6. The summed E-state index contributed by atoms with van der Waals surface area (Å²) in [6.07, 6.45) is 7.40. The molecule has 6 rings (SSSR count). The fraction of sp³-hybridized carbons (Fsp3) is 0.259. The molecule has 34 heavy (non-hydrogen) atoms.